The first-order valence-corrected chi connectivity index (χ1v) is 8.97. The van der Waals surface area contributed by atoms with E-state index in [9.17, 15) is 14.7 Å². The van der Waals surface area contributed by atoms with Crippen LogP contribution in [-0.2, 0) is 16.1 Å². The van der Waals surface area contributed by atoms with Crippen LogP contribution in [0.25, 0.3) is 0 Å². The number of carboxylic acid groups (broad SMARTS) is 1. The summed E-state index contributed by atoms with van der Waals surface area (Å²) in [5, 5.41) is 26.6. The number of rotatable bonds is 5. The van der Waals surface area contributed by atoms with Gasteiger partial charge >= 0.3 is 0 Å². The Morgan fingerprint density at radius 2 is 2.10 bits per heavy atom. The zero-order valence-electron chi connectivity index (χ0n) is 15.4. The zero-order chi connectivity index (χ0) is 21.4. The van der Waals surface area contributed by atoms with E-state index >= 15 is 0 Å². The van der Waals surface area contributed by atoms with Gasteiger partial charge in [-0.2, -0.15) is 4.98 Å². The van der Waals surface area contributed by atoms with Gasteiger partial charge in [-0.25, -0.2) is 4.98 Å². The highest BCUT2D eigenvalue weighted by atomic mass is 35.5. The number of hydrogen-bond donors (Lipinski definition) is 4. The topological polar surface area (TPSA) is 168 Å². The predicted molar refractivity (Wildman–Crippen MR) is 98.8 cm³/mol. The quantitative estimate of drug-likeness (QED) is 0.492. The monoisotopic (exact) mass is 425 g/mol. The van der Waals surface area contributed by atoms with E-state index < -0.39 is 24.0 Å². The number of aliphatic hydroxyl groups excluding tert-OH is 1. The molecule has 0 bridgehead atoms. The summed E-state index contributed by atoms with van der Waals surface area (Å²) >= 11 is 5.75. The van der Waals surface area contributed by atoms with Crippen molar-refractivity contribution in [2.75, 3.05) is 0 Å². The van der Waals surface area contributed by atoms with Gasteiger partial charge in [-0.15, -0.1) is 0 Å². The molecule has 1 saturated carbocycles. The normalized spacial score (nSPS) is 20.3. The second kappa shape index (κ2) is 10.5. The number of carbonyl (C=O) groups is 3. The Morgan fingerprint density at radius 3 is 2.69 bits per heavy atom. The lowest BCUT2D eigenvalue weighted by Gasteiger charge is -2.16. The molecule has 2 aromatic rings. The highest BCUT2D eigenvalue weighted by molar-refractivity contribution is 6.30. The summed E-state index contributed by atoms with van der Waals surface area (Å²) in [6, 6.07) is 2.53. The minimum absolute atomic E-state index is 0.147. The van der Waals surface area contributed by atoms with E-state index in [0.29, 0.717) is 23.2 Å². The summed E-state index contributed by atoms with van der Waals surface area (Å²) < 4.78 is 4.84. The summed E-state index contributed by atoms with van der Waals surface area (Å²) in [4.78, 5) is 40.8. The summed E-state index contributed by atoms with van der Waals surface area (Å²) in [5.74, 6) is -0.263. The Morgan fingerprint density at radius 1 is 1.38 bits per heavy atom. The molecular weight excluding hydrogens is 406 g/mol. The molecule has 3 atom stereocenters. The first kappa shape index (κ1) is 22.2. The van der Waals surface area contributed by atoms with E-state index in [1.54, 1.807) is 13.0 Å². The zero-order valence-corrected chi connectivity index (χ0v) is 16.2. The SMILES string of the molecule is Cc1nc(CNC(=O)[C@@H]2C[C@@H](O)[C@H](NC(=O)c3ccc(Cl)cn3)C2)no1.O=CO. The number of halogens is 1. The lowest BCUT2D eigenvalue weighted by atomic mass is 10.1. The number of aliphatic hydroxyl groups is 1. The number of amides is 2. The van der Waals surface area contributed by atoms with Crippen molar-refractivity contribution in [1.29, 1.82) is 0 Å². The second-order valence-corrected chi connectivity index (χ2v) is 6.67. The number of pyridine rings is 1. The van der Waals surface area contributed by atoms with Crippen molar-refractivity contribution in [2.45, 2.75) is 38.5 Å². The van der Waals surface area contributed by atoms with Gasteiger partial charge in [-0.05, 0) is 25.0 Å². The molecule has 156 valence electrons. The maximum atomic E-state index is 12.3. The van der Waals surface area contributed by atoms with Crippen LogP contribution in [0.15, 0.2) is 22.9 Å². The number of hydrogen-bond acceptors (Lipinski definition) is 8. The molecule has 2 amide bonds. The number of carbonyl (C=O) groups excluding carboxylic acids is 2. The van der Waals surface area contributed by atoms with Crippen LogP contribution in [-0.4, -0.2) is 55.8 Å². The van der Waals surface area contributed by atoms with Gasteiger partial charge in [-0.1, -0.05) is 16.8 Å². The summed E-state index contributed by atoms with van der Waals surface area (Å²) in [5.41, 5.74) is 0.196. The molecule has 4 N–H and O–H groups in total. The van der Waals surface area contributed by atoms with E-state index in [1.165, 1.54) is 12.3 Å². The van der Waals surface area contributed by atoms with Crippen LogP contribution in [0.1, 0.15) is 35.0 Å². The van der Waals surface area contributed by atoms with Crippen molar-refractivity contribution in [3.05, 3.63) is 40.8 Å². The van der Waals surface area contributed by atoms with Gasteiger partial charge in [0.05, 0.1) is 23.7 Å². The lowest BCUT2D eigenvalue weighted by Crippen LogP contribution is -2.40. The molecule has 12 heteroatoms. The third-order valence-corrected chi connectivity index (χ3v) is 4.39. The third kappa shape index (κ3) is 6.50. The molecule has 0 aromatic carbocycles. The number of aromatic nitrogens is 3. The molecule has 0 unspecified atom stereocenters. The Bertz CT molecular complexity index is 843. The molecule has 1 aliphatic rings. The minimum atomic E-state index is -0.811. The van der Waals surface area contributed by atoms with Gasteiger partial charge in [0, 0.05) is 19.0 Å². The molecule has 2 heterocycles. The van der Waals surface area contributed by atoms with Crippen molar-refractivity contribution in [2.24, 2.45) is 5.92 Å². The summed E-state index contributed by atoms with van der Waals surface area (Å²) in [6.45, 7) is 1.56. The van der Waals surface area contributed by atoms with Crippen molar-refractivity contribution in [3.63, 3.8) is 0 Å². The highest BCUT2D eigenvalue weighted by Gasteiger charge is 2.37. The van der Waals surface area contributed by atoms with E-state index in [0.717, 1.165) is 0 Å². The van der Waals surface area contributed by atoms with Crippen LogP contribution in [0, 0.1) is 12.8 Å². The molecule has 29 heavy (non-hydrogen) atoms. The van der Waals surface area contributed by atoms with E-state index in [2.05, 4.69) is 25.8 Å². The van der Waals surface area contributed by atoms with Gasteiger partial charge < -0.3 is 25.4 Å². The third-order valence-electron chi connectivity index (χ3n) is 4.17. The number of aryl methyl sites for hydroxylation is 1. The second-order valence-electron chi connectivity index (χ2n) is 6.23. The molecular formula is C17H20ClN5O6. The average molecular weight is 426 g/mol. The standard InChI is InChI=1S/C16H18ClN5O4.CH2O2/c1-8-20-14(22-26-8)7-19-15(24)9-4-12(13(23)5-9)21-16(25)11-3-2-10(17)6-18-11;2-1-3/h2-3,6,9,12-13,23H,4-5,7H2,1H3,(H,19,24)(H,21,25);1H,(H,2,3)/t9-,12+,13+;/m0./s1. The van der Waals surface area contributed by atoms with E-state index in [-0.39, 0.29) is 31.0 Å². The van der Waals surface area contributed by atoms with Crippen LogP contribution in [0.4, 0.5) is 0 Å². The molecule has 0 aliphatic heterocycles. The Labute approximate surface area is 170 Å². The summed E-state index contributed by atoms with van der Waals surface area (Å²) in [7, 11) is 0. The largest absolute Gasteiger partial charge is 0.483 e. The van der Waals surface area contributed by atoms with Crippen LogP contribution < -0.4 is 10.6 Å². The molecule has 0 spiro atoms. The Balaban J connectivity index is 0.000000941. The summed E-state index contributed by atoms with van der Waals surface area (Å²) in [6.07, 6.45) is 1.15. The first-order chi connectivity index (χ1) is 13.8. The fourth-order valence-electron chi connectivity index (χ4n) is 2.86. The fraction of sp³-hybridized carbons (Fsp3) is 0.412. The molecule has 1 fully saturated rings. The van der Waals surface area contributed by atoms with Gasteiger partial charge in [-0.3, -0.25) is 14.4 Å². The molecule has 0 radical (unpaired) electrons. The van der Waals surface area contributed by atoms with Crippen LogP contribution in [0.2, 0.25) is 5.02 Å². The molecule has 0 saturated heterocycles. The molecule has 1 aliphatic carbocycles. The smallest absolute Gasteiger partial charge is 0.290 e. The molecule has 2 aromatic heterocycles. The number of nitrogens with one attached hydrogen (secondary N) is 2. The minimum Gasteiger partial charge on any atom is -0.483 e. The van der Waals surface area contributed by atoms with E-state index in [1.807, 2.05) is 0 Å². The Kier molecular flexibility index (Phi) is 8.04. The van der Waals surface area contributed by atoms with Crippen LogP contribution in [0.3, 0.4) is 0 Å². The van der Waals surface area contributed by atoms with Gasteiger partial charge in [0.25, 0.3) is 12.4 Å². The molecule has 11 nitrogen and oxygen atoms in total. The van der Waals surface area contributed by atoms with Crippen LogP contribution in [0.5, 0.6) is 0 Å². The van der Waals surface area contributed by atoms with Crippen molar-refractivity contribution in [1.82, 2.24) is 25.8 Å². The van der Waals surface area contributed by atoms with Gasteiger partial charge in [0.2, 0.25) is 11.8 Å². The predicted octanol–water partition coefficient (Wildman–Crippen LogP) is 0.313. The maximum Gasteiger partial charge on any atom is 0.290 e. The average Bonchev–Trinajstić information content (AvgIpc) is 3.26. The van der Waals surface area contributed by atoms with Crippen molar-refractivity contribution >= 4 is 29.9 Å². The first-order valence-electron chi connectivity index (χ1n) is 8.59. The van der Waals surface area contributed by atoms with Gasteiger partial charge in [0.15, 0.2) is 5.82 Å². The van der Waals surface area contributed by atoms with Gasteiger partial charge in [0.1, 0.15) is 5.69 Å². The fourth-order valence-corrected chi connectivity index (χ4v) is 2.97. The van der Waals surface area contributed by atoms with E-state index in [4.69, 9.17) is 26.0 Å². The van der Waals surface area contributed by atoms with Crippen LogP contribution >= 0.6 is 11.6 Å². The Hall–Kier alpha value is -3.05. The highest BCUT2D eigenvalue weighted by Crippen LogP contribution is 2.26. The molecule has 3 rings (SSSR count). The van der Waals surface area contributed by atoms with Crippen molar-refractivity contribution < 1.29 is 29.1 Å². The lowest BCUT2D eigenvalue weighted by molar-refractivity contribution is -0.125. The number of nitrogens with zero attached hydrogens (tertiary/aromatic N) is 3. The maximum absolute atomic E-state index is 12.3. The van der Waals surface area contributed by atoms with Crippen molar-refractivity contribution in [3.8, 4) is 0 Å².